The first kappa shape index (κ1) is 15.9. The van der Waals surface area contributed by atoms with Crippen LogP contribution in [0.25, 0.3) is 10.1 Å². The van der Waals surface area contributed by atoms with Crippen molar-refractivity contribution in [3.8, 4) is 0 Å². The van der Waals surface area contributed by atoms with Crippen LogP contribution in [0, 0.1) is 0 Å². The van der Waals surface area contributed by atoms with Gasteiger partial charge in [-0.05, 0) is 49.5 Å². The van der Waals surface area contributed by atoms with Crippen molar-refractivity contribution in [3.05, 3.63) is 29.1 Å². The van der Waals surface area contributed by atoms with Gasteiger partial charge in [0.15, 0.2) is 0 Å². The molecule has 0 unspecified atom stereocenters. The summed E-state index contributed by atoms with van der Waals surface area (Å²) in [7, 11) is 0. The summed E-state index contributed by atoms with van der Waals surface area (Å²) in [5, 5.41) is 12.5. The maximum atomic E-state index is 12.1. The van der Waals surface area contributed by atoms with Crippen LogP contribution in [0.15, 0.2) is 24.3 Å². The molecular formula is C16H19N3O3S. The number of thiophene rings is 1. The number of hydrogen-bond donors (Lipinski definition) is 3. The Bertz CT molecular complexity index is 722. The van der Waals surface area contributed by atoms with E-state index in [2.05, 4.69) is 10.2 Å². The molecule has 1 aromatic carbocycles. The van der Waals surface area contributed by atoms with Crippen molar-refractivity contribution >= 4 is 38.9 Å². The van der Waals surface area contributed by atoms with Gasteiger partial charge in [0.1, 0.15) is 0 Å². The SMILES string of the molecule is O=C(CN1CCCCC1)Nc1ccc2cc(C(=O)NO)sc2c1. The van der Waals surface area contributed by atoms with Crippen molar-refractivity contribution in [3.63, 3.8) is 0 Å². The summed E-state index contributed by atoms with van der Waals surface area (Å²) in [6.07, 6.45) is 3.56. The van der Waals surface area contributed by atoms with Gasteiger partial charge in [0.05, 0.1) is 11.4 Å². The highest BCUT2D eigenvalue weighted by molar-refractivity contribution is 7.20. The number of nitrogens with one attached hydrogen (secondary N) is 2. The zero-order chi connectivity index (χ0) is 16.2. The van der Waals surface area contributed by atoms with E-state index in [0.29, 0.717) is 11.4 Å². The molecule has 0 bridgehead atoms. The molecule has 0 saturated carbocycles. The van der Waals surface area contributed by atoms with Crippen molar-refractivity contribution in [1.82, 2.24) is 10.4 Å². The van der Waals surface area contributed by atoms with Crippen LogP contribution in [0.2, 0.25) is 0 Å². The van der Waals surface area contributed by atoms with Gasteiger partial charge in [-0.15, -0.1) is 11.3 Å². The lowest BCUT2D eigenvalue weighted by Crippen LogP contribution is -2.36. The van der Waals surface area contributed by atoms with Crippen molar-refractivity contribution < 1.29 is 14.8 Å². The van der Waals surface area contributed by atoms with Crippen molar-refractivity contribution in [2.45, 2.75) is 19.3 Å². The van der Waals surface area contributed by atoms with E-state index in [0.717, 1.165) is 41.7 Å². The largest absolute Gasteiger partial charge is 0.325 e. The highest BCUT2D eigenvalue weighted by atomic mass is 32.1. The molecule has 1 aliphatic heterocycles. The van der Waals surface area contributed by atoms with Crippen LogP contribution >= 0.6 is 11.3 Å². The molecule has 2 aromatic rings. The molecule has 1 saturated heterocycles. The smallest absolute Gasteiger partial charge is 0.284 e. The molecular weight excluding hydrogens is 314 g/mol. The molecule has 23 heavy (non-hydrogen) atoms. The lowest BCUT2D eigenvalue weighted by atomic mass is 10.1. The molecule has 0 aliphatic carbocycles. The fourth-order valence-corrected chi connectivity index (χ4v) is 3.79. The average Bonchev–Trinajstić information content (AvgIpc) is 2.98. The van der Waals surface area contributed by atoms with Crippen molar-refractivity contribution in [2.75, 3.05) is 25.0 Å². The number of rotatable bonds is 4. The third-order valence-electron chi connectivity index (χ3n) is 3.95. The van der Waals surface area contributed by atoms with Crippen LogP contribution in [0.4, 0.5) is 5.69 Å². The molecule has 1 aliphatic rings. The average molecular weight is 333 g/mol. The first-order chi connectivity index (χ1) is 11.2. The van der Waals surface area contributed by atoms with Crippen LogP contribution in [-0.2, 0) is 4.79 Å². The number of amides is 2. The van der Waals surface area contributed by atoms with Gasteiger partial charge in [0, 0.05) is 10.4 Å². The van der Waals surface area contributed by atoms with E-state index in [1.807, 2.05) is 18.2 Å². The van der Waals surface area contributed by atoms with Crippen LogP contribution in [0.3, 0.4) is 0 Å². The fourth-order valence-electron chi connectivity index (χ4n) is 2.80. The molecule has 3 N–H and O–H groups in total. The summed E-state index contributed by atoms with van der Waals surface area (Å²) < 4.78 is 0.888. The molecule has 0 atom stereocenters. The van der Waals surface area contributed by atoms with Gasteiger partial charge in [-0.25, -0.2) is 5.48 Å². The summed E-state index contributed by atoms with van der Waals surface area (Å²) in [6, 6.07) is 7.24. The minimum atomic E-state index is -0.526. The number of nitrogens with zero attached hydrogens (tertiary/aromatic N) is 1. The Balaban J connectivity index is 1.67. The summed E-state index contributed by atoms with van der Waals surface area (Å²) in [5.41, 5.74) is 2.35. The number of anilines is 1. The Morgan fingerprint density at radius 3 is 2.70 bits per heavy atom. The zero-order valence-electron chi connectivity index (χ0n) is 12.7. The predicted molar refractivity (Wildman–Crippen MR) is 90.0 cm³/mol. The van der Waals surface area contributed by atoms with E-state index in [4.69, 9.17) is 5.21 Å². The Hall–Kier alpha value is -1.96. The van der Waals surface area contributed by atoms with Crippen molar-refractivity contribution in [2.24, 2.45) is 0 Å². The second-order valence-corrected chi connectivity index (χ2v) is 6.77. The van der Waals surface area contributed by atoms with Crippen LogP contribution < -0.4 is 10.8 Å². The second-order valence-electron chi connectivity index (χ2n) is 5.69. The summed E-state index contributed by atoms with van der Waals surface area (Å²) in [4.78, 5) is 26.2. The van der Waals surface area contributed by atoms with E-state index < -0.39 is 5.91 Å². The molecule has 2 amide bonds. The Morgan fingerprint density at radius 1 is 1.17 bits per heavy atom. The number of carbonyl (C=O) groups is 2. The van der Waals surface area contributed by atoms with Gasteiger partial charge in [0.2, 0.25) is 5.91 Å². The summed E-state index contributed by atoms with van der Waals surface area (Å²) >= 11 is 1.27. The Kier molecular flexibility index (Phi) is 4.90. The maximum Gasteiger partial charge on any atom is 0.284 e. The van der Waals surface area contributed by atoms with Gasteiger partial charge < -0.3 is 5.32 Å². The monoisotopic (exact) mass is 333 g/mol. The first-order valence-corrected chi connectivity index (χ1v) is 8.47. The molecule has 2 heterocycles. The second kappa shape index (κ2) is 7.08. The molecule has 1 fully saturated rings. The minimum absolute atomic E-state index is 0.0175. The molecule has 1 aromatic heterocycles. The van der Waals surface area contributed by atoms with Gasteiger partial charge in [-0.2, -0.15) is 0 Å². The number of likely N-dealkylation sites (tertiary alicyclic amines) is 1. The predicted octanol–water partition coefficient (Wildman–Crippen LogP) is 2.44. The van der Waals surface area contributed by atoms with E-state index in [1.54, 1.807) is 11.5 Å². The van der Waals surface area contributed by atoms with Crippen LogP contribution in [0.1, 0.15) is 28.9 Å². The standard InChI is InChI=1S/C16H19N3O3S/c20-15(10-19-6-2-1-3-7-19)17-12-5-4-11-8-14(16(21)18-22)23-13(11)9-12/h4-5,8-9,22H,1-3,6-7,10H2,(H,17,20)(H,18,21). The summed E-state index contributed by atoms with van der Waals surface area (Å²) in [5.74, 6) is -0.544. The first-order valence-electron chi connectivity index (χ1n) is 7.66. The van der Waals surface area contributed by atoms with Crippen LogP contribution in [0.5, 0.6) is 0 Å². The number of carbonyl (C=O) groups excluding carboxylic acids is 2. The van der Waals surface area contributed by atoms with Crippen molar-refractivity contribution in [1.29, 1.82) is 0 Å². The molecule has 122 valence electrons. The third kappa shape index (κ3) is 3.87. The van der Waals surface area contributed by atoms with E-state index in [-0.39, 0.29) is 5.91 Å². The number of hydroxylamine groups is 1. The molecule has 3 rings (SSSR count). The quantitative estimate of drug-likeness (QED) is 0.593. The normalized spacial score (nSPS) is 15.5. The third-order valence-corrected chi connectivity index (χ3v) is 5.04. The zero-order valence-corrected chi connectivity index (χ0v) is 13.5. The number of hydrogen-bond acceptors (Lipinski definition) is 5. The minimum Gasteiger partial charge on any atom is -0.325 e. The van der Waals surface area contributed by atoms with Gasteiger partial charge in [-0.3, -0.25) is 19.7 Å². The maximum absolute atomic E-state index is 12.1. The highest BCUT2D eigenvalue weighted by Gasteiger charge is 2.14. The lowest BCUT2D eigenvalue weighted by Gasteiger charge is -2.25. The van der Waals surface area contributed by atoms with Gasteiger partial charge in [-0.1, -0.05) is 12.5 Å². The van der Waals surface area contributed by atoms with Crippen LogP contribution in [-0.4, -0.2) is 41.6 Å². The fraction of sp³-hybridized carbons (Fsp3) is 0.375. The van der Waals surface area contributed by atoms with Gasteiger partial charge >= 0.3 is 0 Å². The Morgan fingerprint density at radius 2 is 1.96 bits per heavy atom. The van der Waals surface area contributed by atoms with Gasteiger partial charge in [0.25, 0.3) is 5.91 Å². The topological polar surface area (TPSA) is 81.7 Å². The highest BCUT2D eigenvalue weighted by Crippen LogP contribution is 2.28. The lowest BCUT2D eigenvalue weighted by molar-refractivity contribution is -0.117. The van der Waals surface area contributed by atoms with E-state index >= 15 is 0 Å². The number of benzene rings is 1. The summed E-state index contributed by atoms with van der Waals surface area (Å²) in [6.45, 7) is 2.38. The van der Waals surface area contributed by atoms with E-state index in [1.165, 1.54) is 17.8 Å². The Labute approximate surface area is 138 Å². The number of piperidine rings is 1. The molecule has 6 nitrogen and oxygen atoms in total. The molecule has 7 heteroatoms. The molecule has 0 radical (unpaired) electrons. The molecule has 0 spiro atoms. The number of fused-ring (bicyclic) bond motifs is 1. The van der Waals surface area contributed by atoms with E-state index in [9.17, 15) is 9.59 Å².